The molecule has 110 valence electrons. The lowest BCUT2D eigenvalue weighted by Crippen LogP contribution is -2.48. The number of hydrogen-bond donors (Lipinski definition) is 2. The highest BCUT2D eigenvalue weighted by molar-refractivity contribution is 5.77. The van der Waals surface area contributed by atoms with E-state index in [0.29, 0.717) is 18.5 Å². The average molecular weight is 268 g/mol. The fraction of sp³-hybridized carbons (Fsp3) is 0.933. The van der Waals surface area contributed by atoms with Gasteiger partial charge in [0.15, 0.2) is 0 Å². The average Bonchev–Trinajstić information content (AvgIpc) is 2.91. The first-order chi connectivity index (χ1) is 9.17. The molecule has 1 amide bonds. The molecular formula is C15H28N2O2. The molecule has 4 nitrogen and oxygen atoms in total. The van der Waals surface area contributed by atoms with Crippen LogP contribution < -0.4 is 10.6 Å². The van der Waals surface area contributed by atoms with Gasteiger partial charge >= 0.3 is 0 Å². The van der Waals surface area contributed by atoms with Gasteiger partial charge in [-0.1, -0.05) is 13.8 Å². The highest BCUT2D eigenvalue weighted by Crippen LogP contribution is 2.31. The van der Waals surface area contributed by atoms with Crippen LogP contribution >= 0.6 is 0 Å². The maximum atomic E-state index is 12.1. The number of carbonyl (C=O) groups excluding carboxylic acids is 1. The van der Waals surface area contributed by atoms with Crippen LogP contribution in [-0.4, -0.2) is 36.7 Å². The van der Waals surface area contributed by atoms with Gasteiger partial charge in [-0.25, -0.2) is 0 Å². The maximum Gasteiger partial charge on any atom is 0.221 e. The Morgan fingerprint density at radius 1 is 1.37 bits per heavy atom. The van der Waals surface area contributed by atoms with E-state index in [9.17, 15) is 4.79 Å². The molecule has 0 aromatic rings. The zero-order valence-electron chi connectivity index (χ0n) is 12.3. The molecule has 19 heavy (non-hydrogen) atoms. The molecule has 2 unspecified atom stereocenters. The van der Waals surface area contributed by atoms with E-state index in [1.165, 1.54) is 6.42 Å². The van der Waals surface area contributed by atoms with E-state index < -0.39 is 0 Å². The van der Waals surface area contributed by atoms with Gasteiger partial charge in [0.1, 0.15) is 0 Å². The van der Waals surface area contributed by atoms with Gasteiger partial charge < -0.3 is 15.4 Å². The third kappa shape index (κ3) is 3.93. The molecule has 0 saturated carbocycles. The van der Waals surface area contributed by atoms with Crippen LogP contribution in [0.15, 0.2) is 0 Å². The van der Waals surface area contributed by atoms with E-state index in [1.807, 2.05) is 0 Å². The summed E-state index contributed by atoms with van der Waals surface area (Å²) < 4.78 is 5.95. The van der Waals surface area contributed by atoms with E-state index >= 15 is 0 Å². The first kappa shape index (κ1) is 14.8. The molecular weight excluding hydrogens is 240 g/mol. The predicted molar refractivity (Wildman–Crippen MR) is 76.1 cm³/mol. The Hall–Kier alpha value is -0.610. The smallest absolute Gasteiger partial charge is 0.221 e. The molecule has 0 bridgehead atoms. The van der Waals surface area contributed by atoms with E-state index in [4.69, 9.17) is 4.74 Å². The molecule has 2 aliphatic rings. The lowest BCUT2D eigenvalue weighted by Gasteiger charge is -2.40. The van der Waals surface area contributed by atoms with Crippen LogP contribution in [0, 0.1) is 0 Å². The van der Waals surface area contributed by atoms with Crippen molar-refractivity contribution in [2.45, 2.75) is 76.5 Å². The highest BCUT2D eigenvalue weighted by atomic mass is 16.5. The van der Waals surface area contributed by atoms with Crippen LogP contribution in [0.3, 0.4) is 0 Å². The van der Waals surface area contributed by atoms with Gasteiger partial charge in [0, 0.05) is 25.1 Å². The van der Waals surface area contributed by atoms with Gasteiger partial charge in [0.25, 0.3) is 0 Å². The first-order valence-corrected chi connectivity index (χ1v) is 7.84. The fourth-order valence-electron chi connectivity index (χ4n) is 3.34. The summed E-state index contributed by atoms with van der Waals surface area (Å²) in [6.45, 7) is 6.19. The van der Waals surface area contributed by atoms with Crippen molar-refractivity contribution in [2.75, 3.05) is 13.2 Å². The number of carbonyl (C=O) groups is 1. The second kappa shape index (κ2) is 6.71. The second-order valence-electron chi connectivity index (χ2n) is 5.99. The van der Waals surface area contributed by atoms with Crippen molar-refractivity contribution < 1.29 is 9.53 Å². The van der Waals surface area contributed by atoms with Gasteiger partial charge in [0.05, 0.1) is 5.60 Å². The Bertz CT molecular complexity index is 297. The molecule has 0 radical (unpaired) electrons. The Morgan fingerprint density at radius 3 is 2.79 bits per heavy atom. The zero-order valence-corrected chi connectivity index (χ0v) is 12.3. The molecule has 2 heterocycles. The monoisotopic (exact) mass is 268 g/mol. The number of amides is 1. The van der Waals surface area contributed by atoms with Crippen molar-refractivity contribution >= 4 is 5.91 Å². The standard InChI is InChI=1S/C15H28N2O2/c1-3-15(4-2)11-13(7-9-19-15)17-14(18)10-12-6-5-8-16-12/h12-13,16H,3-11H2,1-2H3,(H,17,18). The third-order valence-electron chi connectivity index (χ3n) is 4.74. The molecule has 0 aliphatic carbocycles. The van der Waals surface area contributed by atoms with Crippen molar-refractivity contribution in [1.29, 1.82) is 0 Å². The molecule has 4 heteroatoms. The number of hydrogen-bond acceptors (Lipinski definition) is 3. The van der Waals surface area contributed by atoms with Gasteiger partial charge in [-0.05, 0) is 45.1 Å². The zero-order chi connectivity index (χ0) is 13.7. The van der Waals surface area contributed by atoms with Crippen molar-refractivity contribution in [3.8, 4) is 0 Å². The summed E-state index contributed by atoms with van der Waals surface area (Å²) in [6.07, 6.45) is 6.93. The van der Waals surface area contributed by atoms with Crippen molar-refractivity contribution in [2.24, 2.45) is 0 Å². The molecule has 2 aliphatic heterocycles. The molecule has 2 fully saturated rings. The second-order valence-corrected chi connectivity index (χ2v) is 5.99. The lowest BCUT2D eigenvalue weighted by atomic mass is 9.86. The van der Waals surface area contributed by atoms with E-state index in [0.717, 1.165) is 45.3 Å². The van der Waals surface area contributed by atoms with Gasteiger partial charge in [-0.2, -0.15) is 0 Å². The summed E-state index contributed by atoms with van der Waals surface area (Å²) in [4.78, 5) is 12.1. The highest BCUT2D eigenvalue weighted by Gasteiger charge is 2.35. The number of rotatable bonds is 5. The van der Waals surface area contributed by atoms with E-state index in [-0.39, 0.29) is 11.5 Å². The Kier molecular flexibility index (Phi) is 5.22. The number of nitrogens with one attached hydrogen (secondary N) is 2. The molecule has 2 rings (SSSR count). The third-order valence-corrected chi connectivity index (χ3v) is 4.74. The van der Waals surface area contributed by atoms with Crippen LogP contribution in [-0.2, 0) is 9.53 Å². The minimum absolute atomic E-state index is 0.0121. The van der Waals surface area contributed by atoms with Crippen LogP contribution in [0.1, 0.15) is 58.8 Å². The van der Waals surface area contributed by atoms with E-state index in [1.54, 1.807) is 0 Å². The van der Waals surface area contributed by atoms with Crippen molar-refractivity contribution in [1.82, 2.24) is 10.6 Å². The predicted octanol–water partition coefficient (Wildman–Crippen LogP) is 1.98. The Balaban J connectivity index is 1.79. The molecule has 2 saturated heterocycles. The summed E-state index contributed by atoms with van der Waals surface area (Å²) in [5, 5.41) is 6.59. The summed E-state index contributed by atoms with van der Waals surface area (Å²) in [6, 6.07) is 0.685. The number of ether oxygens (including phenoxy) is 1. The maximum absolute atomic E-state index is 12.1. The Labute approximate surface area is 116 Å². The molecule has 0 spiro atoms. The topological polar surface area (TPSA) is 50.4 Å². The fourth-order valence-corrected chi connectivity index (χ4v) is 3.34. The van der Waals surface area contributed by atoms with E-state index in [2.05, 4.69) is 24.5 Å². The molecule has 2 atom stereocenters. The normalized spacial score (nSPS) is 30.2. The summed E-state index contributed by atoms with van der Waals surface area (Å²) in [7, 11) is 0. The van der Waals surface area contributed by atoms with Crippen LogP contribution in [0.5, 0.6) is 0 Å². The van der Waals surface area contributed by atoms with Crippen LogP contribution in [0.2, 0.25) is 0 Å². The lowest BCUT2D eigenvalue weighted by molar-refractivity contribution is -0.126. The molecule has 0 aromatic heterocycles. The van der Waals surface area contributed by atoms with Gasteiger partial charge in [0.2, 0.25) is 5.91 Å². The Morgan fingerprint density at radius 2 is 2.16 bits per heavy atom. The summed E-state index contributed by atoms with van der Waals surface area (Å²) in [5.74, 6) is 0.201. The molecule has 0 aromatic carbocycles. The quantitative estimate of drug-likeness (QED) is 0.801. The van der Waals surface area contributed by atoms with Crippen LogP contribution in [0.25, 0.3) is 0 Å². The van der Waals surface area contributed by atoms with Gasteiger partial charge in [-0.15, -0.1) is 0 Å². The van der Waals surface area contributed by atoms with Crippen LogP contribution in [0.4, 0.5) is 0 Å². The van der Waals surface area contributed by atoms with Gasteiger partial charge in [-0.3, -0.25) is 4.79 Å². The van der Waals surface area contributed by atoms with Crippen molar-refractivity contribution in [3.05, 3.63) is 0 Å². The van der Waals surface area contributed by atoms with Crippen molar-refractivity contribution in [3.63, 3.8) is 0 Å². The minimum atomic E-state index is -0.0121. The summed E-state index contributed by atoms with van der Waals surface area (Å²) >= 11 is 0. The first-order valence-electron chi connectivity index (χ1n) is 7.84. The minimum Gasteiger partial charge on any atom is -0.375 e. The SMILES string of the molecule is CCC1(CC)CC(NC(=O)CC2CCCN2)CCO1. The summed E-state index contributed by atoms with van der Waals surface area (Å²) in [5.41, 5.74) is -0.0121. The largest absolute Gasteiger partial charge is 0.375 e. The molecule has 2 N–H and O–H groups in total.